The number of rotatable bonds is 3. The summed E-state index contributed by atoms with van der Waals surface area (Å²) in [7, 11) is 0. The Bertz CT molecular complexity index is 175. The summed E-state index contributed by atoms with van der Waals surface area (Å²) in [4.78, 5) is 10.3. The van der Waals surface area contributed by atoms with E-state index in [1.165, 1.54) is 0 Å². The molecule has 0 amide bonds. The van der Waals surface area contributed by atoms with Crippen LogP contribution in [0.3, 0.4) is 0 Å². The number of carbonyl (C=O) groups excluding carboxylic acids is 1. The Balaban J connectivity index is 2.45. The smallest absolute Gasteiger partial charge is 0.271 e. The number of halogens is 3. The standard InChI is InChI=1S/C8H11F3O2/c9-7(8(10)11)6-3-5(4-12)1-2-13-6/h4-8H,1-3H2. The third-order valence-electron chi connectivity index (χ3n) is 2.14. The molecule has 2 nitrogen and oxygen atoms in total. The van der Waals surface area contributed by atoms with Gasteiger partial charge in [0.05, 0.1) is 6.10 Å². The summed E-state index contributed by atoms with van der Waals surface area (Å²) in [5, 5.41) is 0. The van der Waals surface area contributed by atoms with Crippen molar-refractivity contribution in [2.45, 2.75) is 31.5 Å². The highest BCUT2D eigenvalue weighted by Gasteiger charge is 2.34. The molecule has 0 radical (unpaired) electrons. The molecule has 3 unspecified atom stereocenters. The zero-order valence-corrected chi connectivity index (χ0v) is 6.96. The zero-order valence-electron chi connectivity index (χ0n) is 6.96. The van der Waals surface area contributed by atoms with Crippen molar-refractivity contribution in [2.24, 2.45) is 5.92 Å². The van der Waals surface area contributed by atoms with Crippen LogP contribution < -0.4 is 0 Å². The SMILES string of the molecule is O=CC1CCOC(C(F)C(F)F)C1. The average Bonchev–Trinajstić information content (AvgIpc) is 2.16. The van der Waals surface area contributed by atoms with Crippen LogP contribution in [0.4, 0.5) is 13.2 Å². The van der Waals surface area contributed by atoms with E-state index < -0.39 is 18.7 Å². The van der Waals surface area contributed by atoms with Crippen molar-refractivity contribution in [3.05, 3.63) is 0 Å². The monoisotopic (exact) mass is 196 g/mol. The van der Waals surface area contributed by atoms with Gasteiger partial charge in [-0.25, -0.2) is 13.2 Å². The van der Waals surface area contributed by atoms with E-state index in [1.54, 1.807) is 0 Å². The number of alkyl halides is 3. The molecule has 0 N–H and O–H groups in total. The first-order chi connectivity index (χ1) is 6.15. The topological polar surface area (TPSA) is 26.3 Å². The minimum atomic E-state index is -3.03. The van der Waals surface area contributed by atoms with Crippen molar-refractivity contribution < 1.29 is 22.7 Å². The van der Waals surface area contributed by atoms with E-state index >= 15 is 0 Å². The maximum atomic E-state index is 12.7. The first-order valence-corrected chi connectivity index (χ1v) is 4.14. The molecule has 0 saturated carbocycles. The van der Waals surface area contributed by atoms with Crippen molar-refractivity contribution in [1.82, 2.24) is 0 Å². The van der Waals surface area contributed by atoms with Crippen molar-refractivity contribution in [1.29, 1.82) is 0 Å². The van der Waals surface area contributed by atoms with Crippen LogP contribution in [0.1, 0.15) is 12.8 Å². The second-order valence-corrected chi connectivity index (χ2v) is 3.11. The van der Waals surface area contributed by atoms with Crippen LogP contribution in [0.15, 0.2) is 0 Å². The minimum Gasteiger partial charge on any atom is -0.375 e. The molecule has 3 atom stereocenters. The quantitative estimate of drug-likeness (QED) is 0.640. The summed E-state index contributed by atoms with van der Waals surface area (Å²) < 4.78 is 41.4. The molecule has 1 heterocycles. The van der Waals surface area contributed by atoms with Gasteiger partial charge in [-0.3, -0.25) is 0 Å². The Labute approximate surface area is 74.1 Å². The third kappa shape index (κ3) is 2.69. The van der Waals surface area contributed by atoms with Crippen molar-refractivity contribution in [3.8, 4) is 0 Å². The van der Waals surface area contributed by atoms with Crippen LogP contribution in [-0.2, 0) is 9.53 Å². The average molecular weight is 196 g/mol. The van der Waals surface area contributed by atoms with E-state index in [4.69, 9.17) is 4.74 Å². The number of hydrogen-bond acceptors (Lipinski definition) is 2. The molecule has 0 aliphatic carbocycles. The predicted octanol–water partition coefficient (Wildman–Crippen LogP) is 1.58. The van der Waals surface area contributed by atoms with Gasteiger partial charge >= 0.3 is 0 Å². The summed E-state index contributed by atoms with van der Waals surface area (Å²) in [5.41, 5.74) is 0. The van der Waals surface area contributed by atoms with Crippen LogP contribution in [-0.4, -0.2) is 31.6 Å². The van der Waals surface area contributed by atoms with Gasteiger partial charge in [0.2, 0.25) is 0 Å². The molecule has 0 aromatic heterocycles. The minimum absolute atomic E-state index is 0.0645. The van der Waals surface area contributed by atoms with Gasteiger partial charge in [-0.15, -0.1) is 0 Å². The van der Waals surface area contributed by atoms with Gasteiger partial charge in [0.1, 0.15) is 6.29 Å². The molecule has 76 valence electrons. The normalized spacial score (nSPS) is 31.7. The van der Waals surface area contributed by atoms with E-state index in [0.717, 1.165) is 0 Å². The predicted molar refractivity (Wildman–Crippen MR) is 39.4 cm³/mol. The van der Waals surface area contributed by atoms with Crippen LogP contribution in [0.25, 0.3) is 0 Å². The molecular weight excluding hydrogens is 185 g/mol. The largest absolute Gasteiger partial charge is 0.375 e. The van der Waals surface area contributed by atoms with E-state index in [2.05, 4.69) is 0 Å². The zero-order chi connectivity index (χ0) is 9.84. The maximum absolute atomic E-state index is 12.7. The summed E-state index contributed by atoms with van der Waals surface area (Å²) in [6, 6.07) is 0. The summed E-state index contributed by atoms with van der Waals surface area (Å²) in [6.07, 6.45) is -5.19. The Morgan fingerprint density at radius 3 is 2.62 bits per heavy atom. The molecule has 0 aromatic rings. The molecule has 1 saturated heterocycles. The van der Waals surface area contributed by atoms with Crippen LogP contribution >= 0.6 is 0 Å². The highest BCUT2D eigenvalue weighted by atomic mass is 19.3. The van der Waals surface area contributed by atoms with Gasteiger partial charge in [-0.05, 0) is 12.8 Å². The fourth-order valence-corrected chi connectivity index (χ4v) is 1.36. The maximum Gasteiger partial charge on any atom is 0.271 e. The number of carbonyl (C=O) groups is 1. The Morgan fingerprint density at radius 2 is 2.08 bits per heavy atom. The highest BCUT2D eigenvalue weighted by Crippen LogP contribution is 2.25. The van der Waals surface area contributed by atoms with Crippen LogP contribution in [0.5, 0.6) is 0 Å². The second-order valence-electron chi connectivity index (χ2n) is 3.11. The van der Waals surface area contributed by atoms with Gasteiger partial charge in [0.15, 0.2) is 6.17 Å². The first kappa shape index (κ1) is 10.5. The Kier molecular flexibility index (Phi) is 3.71. The third-order valence-corrected chi connectivity index (χ3v) is 2.14. The van der Waals surface area contributed by atoms with Gasteiger partial charge in [0, 0.05) is 12.5 Å². The van der Waals surface area contributed by atoms with Crippen LogP contribution in [0, 0.1) is 5.92 Å². The van der Waals surface area contributed by atoms with Crippen molar-refractivity contribution >= 4 is 6.29 Å². The van der Waals surface area contributed by atoms with E-state index in [0.29, 0.717) is 12.7 Å². The van der Waals surface area contributed by atoms with Gasteiger partial charge in [-0.2, -0.15) is 0 Å². The number of aldehydes is 1. The fraction of sp³-hybridized carbons (Fsp3) is 0.875. The number of ether oxygens (including phenoxy) is 1. The molecule has 1 aliphatic rings. The van der Waals surface area contributed by atoms with Gasteiger partial charge in [-0.1, -0.05) is 0 Å². The van der Waals surface area contributed by atoms with Crippen molar-refractivity contribution in [2.75, 3.05) is 6.61 Å². The molecule has 5 heteroatoms. The molecule has 1 rings (SSSR count). The van der Waals surface area contributed by atoms with E-state index in [9.17, 15) is 18.0 Å². The summed E-state index contributed by atoms with van der Waals surface area (Å²) in [5.74, 6) is -0.337. The van der Waals surface area contributed by atoms with Gasteiger partial charge in [0.25, 0.3) is 6.43 Å². The second kappa shape index (κ2) is 4.60. The Morgan fingerprint density at radius 1 is 1.38 bits per heavy atom. The molecule has 1 aliphatic heterocycles. The van der Waals surface area contributed by atoms with Crippen LogP contribution in [0.2, 0.25) is 0 Å². The number of hydrogen-bond donors (Lipinski definition) is 0. The van der Waals surface area contributed by atoms with Gasteiger partial charge < -0.3 is 9.53 Å². The molecule has 0 spiro atoms. The molecule has 1 fully saturated rings. The fourth-order valence-electron chi connectivity index (χ4n) is 1.36. The lowest BCUT2D eigenvalue weighted by Gasteiger charge is -2.28. The lowest BCUT2D eigenvalue weighted by atomic mass is 9.95. The first-order valence-electron chi connectivity index (χ1n) is 4.14. The summed E-state index contributed by atoms with van der Waals surface area (Å²) >= 11 is 0. The van der Waals surface area contributed by atoms with Crippen molar-refractivity contribution in [3.63, 3.8) is 0 Å². The summed E-state index contributed by atoms with van der Waals surface area (Å²) in [6.45, 7) is 0.182. The van der Waals surface area contributed by atoms with E-state index in [-0.39, 0.29) is 18.9 Å². The lowest BCUT2D eigenvalue weighted by molar-refractivity contribution is -0.123. The molecule has 0 bridgehead atoms. The Hall–Kier alpha value is -0.580. The molecular formula is C8H11F3O2. The molecule has 0 aromatic carbocycles. The molecule has 13 heavy (non-hydrogen) atoms. The van der Waals surface area contributed by atoms with E-state index in [1.807, 2.05) is 0 Å². The lowest BCUT2D eigenvalue weighted by Crippen LogP contribution is -2.37. The highest BCUT2D eigenvalue weighted by molar-refractivity contribution is 5.53.